The summed E-state index contributed by atoms with van der Waals surface area (Å²) in [5, 5.41) is 2.75. The van der Waals surface area contributed by atoms with Crippen LogP contribution in [0.3, 0.4) is 0 Å². The number of hydrogen-bond donors (Lipinski definition) is 1. The molecule has 0 saturated carbocycles. The molecule has 22 heavy (non-hydrogen) atoms. The zero-order chi connectivity index (χ0) is 17.1. The molecule has 1 rings (SSSR count). The molecule has 5 heteroatoms. The van der Waals surface area contributed by atoms with Gasteiger partial charge in [-0.25, -0.2) is 4.79 Å². The predicted molar refractivity (Wildman–Crippen MR) is 87.5 cm³/mol. The Morgan fingerprint density at radius 1 is 1.14 bits per heavy atom. The highest BCUT2D eigenvalue weighted by Crippen LogP contribution is 2.22. The Labute approximate surface area is 134 Å². The van der Waals surface area contributed by atoms with Crippen molar-refractivity contribution in [2.24, 2.45) is 17.8 Å². The molecule has 0 aromatic rings. The van der Waals surface area contributed by atoms with Gasteiger partial charge in [0.25, 0.3) is 0 Å². The van der Waals surface area contributed by atoms with Crippen LogP contribution in [0.15, 0.2) is 0 Å². The van der Waals surface area contributed by atoms with Crippen LogP contribution in [-0.4, -0.2) is 41.6 Å². The summed E-state index contributed by atoms with van der Waals surface area (Å²) in [5.74, 6) is 1.02. The zero-order valence-corrected chi connectivity index (χ0v) is 15.1. The fourth-order valence-corrected chi connectivity index (χ4v) is 2.99. The topological polar surface area (TPSA) is 58.6 Å². The van der Waals surface area contributed by atoms with Gasteiger partial charge >= 0.3 is 6.09 Å². The Balaban J connectivity index is 2.73. The molecule has 2 unspecified atom stereocenters. The van der Waals surface area contributed by atoms with Crippen LogP contribution in [-0.2, 0) is 9.53 Å². The maximum absolute atomic E-state index is 12.8. The third-order valence-corrected chi connectivity index (χ3v) is 3.79. The van der Waals surface area contributed by atoms with Crippen LogP contribution in [0.2, 0.25) is 0 Å². The largest absolute Gasteiger partial charge is 0.444 e. The first-order valence-electron chi connectivity index (χ1n) is 8.28. The van der Waals surface area contributed by atoms with E-state index in [1.807, 2.05) is 39.5 Å². The van der Waals surface area contributed by atoms with Gasteiger partial charge in [0.1, 0.15) is 11.6 Å². The first-order valence-corrected chi connectivity index (χ1v) is 8.28. The van der Waals surface area contributed by atoms with E-state index in [0.29, 0.717) is 11.8 Å². The van der Waals surface area contributed by atoms with Crippen LogP contribution < -0.4 is 5.32 Å². The molecule has 1 aliphatic heterocycles. The summed E-state index contributed by atoms with van der Waals surface area (Å²) in [6.07, 6.45) is 0.618. The van der Waals surface area contributed by atoms with Gasteiger partial charge in [-0.2, -0.15) is 0 Å². The molecule has 5 nitrogen and oxygen atoms in total. The molecule has 1 fully saturated rings. The Morgan fingerprint density at radius 2 is 1.64 bits per heavy atom. The zero-order valence-electron chi connectivity index (χ0n) is 15.1. The van der Waals surface area contributed by atoms with Gasteiger partial charge in [-0.1, -0.05) is 27.7 Å². The van der Waals surface area contributed by atoms with E-state index in [2.05, 4.69) is 19.2 Å². The van der Waals surface area contributed by atoms with Crippen LogP contribution in [0.25, 0.3) is 0 Å². The van der Waals surface area contributed by atoms with E-state index < -0.39 is 17.7 Å². The Bertz CT molecular complexity index is 391. The number of carbonyl (C=O) groups excluding carboxylic acids is 2. The normalized spacial score (nSPS) is 24.1. The highest BCUT2D eigenvalue weighted by molar-refractivity contribution is 5.86. The van der Waals surface area contributed by atoms with Crippen LogP contribution in [0.1, 0.15) is 54.9 Å². The first kappa shape index (κ1) is 18.8. The predicted octanol–water partition coefficient (Wildman–Crippen LogP) is 3.04. The van der Waals surface area contributed by atoms with Gasteiger partial charge in [-0.15, -0.1) is 0 Å². The van der Waals surface area contributed by atoms with Crippen molar-refractivity contribution < 1.29 is 14.3 Å². The van der Waals surface area contributed by atoms with Gasteiger partial charge in [0.05, 0.1) is 0 Å². The fraction of sp³-hybridized carbons (Fsp3) is 0.882. The molecule has 0 aliphatic carbocycles. The van der Waals surface area contributed by atoms with E-state index in [4.69, 9.17) is 4.74 Å². The van der Waals surface area contributed by atoms with E-state index in [1.165, 1.54) is 0 Å². The molecule has 128 valence electrons. The summed E-state index contributed by atoms with van der Waals surface area (Å²) < 4.78 is 5.28. The molecular weight excluding hydrogens is 280 g/mol. The van der Waals surface area contributed by atoms with Crippen molar-refractivity contribution in [3.8, 4) is 0 Å². The summed E-state index contributed by atoms with van der Waals surface area (Å²) >= 11 is 0. The molecule has 0 bridgehead atoms. The number of nitrogens with one attached hydrogen (secondary N) is 1. The van der Waals surface area contributed by atoms with Gasteiger partial charge < -0.3 is 15.0 Å². The quantitative estimate of drug-likeness (QED) is 0.871. The number of amides is 2. The summed E-state index contributed by atoms with van der Waals surface area (Å²) in [4.78, 5) is 26.7. The number of rotatable bonds is 3. The molecule has 1 heterocycles. The van der Waals surface area contributed by atoms with Crippen molar-refractivity contribution in [2.45, 2.75) is 66.5 Å². The van der Waals surface area contributed by atoms with E-state index in [-0.39, 0.29) is 11.8 Å². The summed E-state index contributed by atoms with van der Waals surface area (Å²) in [6, 6.07) is -0.535. The third-order valence-electron chi connectivity index (χ3n) is 3.79. The minimum atomic E-state index is -0.567. The van der Waals surface area contributed by atoms with Crippen molar-refractivity contribution >= 4 is 12.0 Å². The number of likely N-dealkylation sites (tertiary alicyclic amines) is 1. The second kappa shape index (κ2) is 7.34. The van der Waals surface area contributed by atoms with Gasteiger partial charge in [0, 0.05) is 13.1 Å². The molecule has 0 aromatic carbocycles. The van der Waals surface area contributed by atoms with Crippen LogP contribution in [0.4, 0.5) is 4.79 Å². The molecule has 0 spiro atoms. The highest BCUT2D eigenvalue weighted by atomic mass is 16.6. The van der Waals surface area contributed by atoms with Crippen molar-refractivity contribution in [3.63, 3.8) is 0 Å². The van der Waals surface area contributed by atoms with Gasteiger partial charge in [-0.3, -0.25) is 4.79 Å². The first-order chi connectivity index (χ1) is 9.99. The number of alkyl carbamates (subject to hydrolysis) is 1. The van der Waals surface area contributed by atoms with Crippen LogP contribution in [0.5, 0.6) is 0 Å². The molecule has 0 aromatic heterocycles. The minimum absolute atomic E-state index is 0.000686. The average Bonchev–Trinajstić information content (AvgIpc) is 2.31. The third kappa shape index (κ3) is 5.85. The van der Waals surface area contributed by atoms with Gasteiger partial charge in [0.2, 0.25) is 5.91 Å². The van der Waals surface area contributed by atoms with Gasteiger partial charge in [-0.05, 0) is 44.9 Å². The molecule has 2 amide bonds. The Hall–Kier alpha value is -1.26. The second-order valence-electron chi connectivity index (χ2n) is 8.06. The minimum Gasteiger partial charge on any atom is -0.444 e. The number of ether oxygens (including phenoxy) is 1. The standard InChI is InChI=1S/C17H32N2O3/c1-11(2)14(18-16(21)22-17(5,6)7)15(20)19-9-12(3)8-13(4)10-19/h11-14H,8-10H2,1-7H3,(H,18,21)/t12?,13?,14-/m0/s1. The Morgan fingerprint density at radius 3 is 2.05 bits per heavy atom. The maximum atomic E-state index is 12.8. The highest BCUT2D eigenvalue weighted by Gasteiger charge is 2.33. The Kier molecular flexibility index (Phi) is 6.27. The lowest BCUT2D eigenvalue weighted by Crippen LogP contribution is -2.55. The molecule has 0 radical (unpaired) electrons. The number of hydrogen-bond acceptors (Lipinski definition) is 3. The lowest BCUT2D eigenvalue weighted by Gasteiger charge is -2.38. The monoisotopic (exact) mass is 312 g/mol. The molecule has 1 aliphatic rings. The maximum Gasteiger partial charge on any atom is 0.408 e. The molecule has 1 N–H and O–H groups in total. The average molecular weight is 312 g/mol. The van der Waals surface area contributed by atoms with Crippen molar-refractivity contribution in [1.29, 1.82) is 0 Å². The second-order valence-corrected chi connectivity index (χ2v) is 8.06. The SMILES string of the molecule is CC1CC(C)CN(C(=O)[C@@H](NC(=O)OC(C)(C)C)C(C)C)C1. The summed E-state index contributed by atoms with van der Waals surface area (Å²) in [5.41, 5.74) is -0.567. The van der Waals surface area contributed by atoms with Crippen LogP contribution >= 0.6 is 0 Å². The molecule has 3 atom stereocenters. The smallest absolute Gasteiger partial charge is 0.408 e. The molecular formula is C17H32N2O3. The lowest BCUT2D eigenvalue weighted by atomic mass is 9.90. The number of carbonyl (C=O) groups is 2. The van der Waals surface area contributed by atoms with Crippen LogP contribution in [0, 0.1) is 17.8 Å². The van der Waals surface area contributed by atoms with E-state index in [1.54, 1.807) is 0 Å². The van der Waals surface area contributed by atoms with Crippen molar-refractivity contribution in [3.05, 3.63) is 0 Å². The fourth-order valence-electron chi connectivity index (χ4n) is 2.99. The molecule has 1 saturated heterocycles. The van der Waals surface area contributed by atoms with Crippen molar-refractivity contribution in [2.75, 3.05) is 13.1 Å². The van der Waals surface area contributed by atoms with E-state index in [9.17, 15) is 9.59 Å². The van der Waals surface area contributed by atoms with Crippen molar-refractivity contribution in [1.82, 2.24) is 10.2 Å². The van der Waals surface area contributed by atoms with E-state index in [0.717, 1.165) is 19.5 Å². The lowest BCUT2D eigenvalue weighted by molar-refractivity contribution is -0.137. The summed E-state index contributed by atoms with van der Waals surface area (Å²) in [7, 11) is 0. The van der Waals surface area contributed by atoms with E-state index >= 15 is 0 Å². The summed E-state index contributed by atoms with van der Waals surface area (Å²) in [6.45, 7) is 15.2. The number of piperidine rings is 1. The number of nitrogens with zero attached hydrogens (tertiary/aromatic N) is 1. The van der Waals surface area contributed by atoms with Gasteiger partial charge in [0.15, 0.2) is 0 Å².